The minimum atomic E-state index is -0.106. The van der Waals surface area contributed by atoms with E-state index in [4.69, 9.17) is 9.72 Å². The molecular formula is C23H28N6OS. The predicted molar refractivity (Wildman–Crippen MR) is 122 cm³/mol. The van der Waals surface area contributed by atoms with Gasteiger partial charge in [0.05, 0.1) is 24.1 Å². The number of rotatable bonds is 6. The number of aryl methyl sites for hydroxylation is 1. The lowest BCUT2D eigenvalue weighted by atomic mass is 10.00. The molecule has 1 unspecified atom stereocenters. The van der Waals surface area contributed by atoms with Gasteiger partial charge in [0.2, 0.25) is 5.13 Å². The van der Waals surface area contributed by atoms with Gasteiger partial charge in [-0.2, -0.15) is 0 Å². The predicted octanol–water partition coefficient (Wildman–Crippen LogP) is 4.68. The zero-order valence-corrected chi connectivity index (χ0v) is 19.1. The Hall–Kier alpha value is -2.58. The van der Waals surface area contributed by atoms with Crippen LogP contribution in [0.1, 0.15) is 61.5 Å². The molecule has 162 valence electrons. The van der Waals surface area contributed by atoms with Crippen LogP contribution in [0, 0.1) is 0 Å². The number of anilines is 2. The van der Waals surface area contributed by atoms with Crippen LogP contribution in [-0.4, -0.2) is 37.2 Å². The topological polar surface area (TPSA) is 76.1 Å². The molecule has 0 saturated carbocycles. The third-order valence-electron chi connectivity index (χ3n) is 5.88. The lowest BCUT2D eigenvalue weighted by Crippen LogP contribution is -2.24. The summed E-state index contributed by atoms with van der Waals surface area (Å²) in [6, 6.07) is 6.90. The second-order valence-corrected chi connectivity index (χ2v) is 9.98. The van der Waals surface area contributed by atoms with E-state index in [-0.39, 0.29) is 11.6 Å². The Morgan fingerprint density at radius 1 is 1.26 bits per heavy atom. The summed E-state index contributed by atoms with van der Waals surface area (Å²) in [5, 5.41) is 13.4. The summed E-state index contributed by atoms with van der Waals surface area (Å²) in [6.45, 7) is 8.35. The second kappa shape index (κ2) is 8.16. The minimum absolute atomic E-state index is 0.106. The molecule has 0 spiro atoms. The van der Waals surface area contributed by atoms with Crippen LogP contribution >= 0.6 is 11.3 Å². The van der Waals surface area contributed by atoms with E-state index in [1.165, 1.54) is 17.5 Å². The van der Waals surface area contributed by atoms with Crippen LogP contribution in [-0.2, 0) is 19.4 Å². The molecule has 1 N–H and O–H groups in total. The molecule has 0 bridgehead atoms. The van der Waals surface area contributed by atoms with Gasteiger partial charge in [-0.3, -0.25) is 9.88 Å². The molecule has 0 amide bonds. The Bertz CT molecular complexity index is 1080. The van der Waals surface area contributed by atoms with Gasteiger partial charge in [-0.05, 0) is 56.8 Å². The van der Waals surface area contributed by atoms with Crippen molar-refractivity contribution in [1.29, 1.82) is 0 Å². The summed E-state index contributed by atoms with van der Waals surface area (Å²) in [5.74, 6) is 1.75. The molecule has 2 aromatic heterocycles. The quantitative estimate of drug-likeness (QED) is 0.601. The molecule has 2 aliphatic heterocycles. The van der Waals surface area contributed by atoms with Crippen LogP contribution in [0.5, 0.6) is 5.75 Å². The molecule has 2 aliphatic rings. The van der Waals surface area contributed by atoms with E-state index in [2.05, 4.69) is 64.4 Å². The molecule has 0 aliphatic carbocycles. The van der Waals surface area contributed by atoms with Gasteiger partial charge in [0.25, 0.3) is 0 Å². The third kappa shape index (κ3) is 4.41. The van der Waals surface area contributed by atoms with Gasteiger partial charge in [0, 0.05) is 13.0 Å². The first kappa shape index (κ1) is 20.3. The molecule has 8 heteroatoms. The van der Waals surface area contributed by atoms with Gasteiger partial charge >= 0.3 is 0 Å². The van der Waals surface area contributed by atoms with Crippen molar-refractivity contribution in [3.63, 3.8) is 0 Å². The number of ether oxygens (including phenoxy) is 1. The third-order valence-corrected chi connectivity index (χ3v) is 6.86. The number of likely N-dealkylation sites (tertiary alicyclic amines) is 1. The molecule has 7 nitrogen and oxygen atoms in total. The van der Waals surface area contributed by atoms with Crippen molar-refractivity contribution in [2.75, 3.05) is 11.9 Å². The Labute approximate surface area is 186 Å². The van der Waals surface area contributed by atoms with Crippen LogP contribution in [0.15, 0.2) is 30.6 Å². The minimum Gasteiger partial charge on any atom is -0.487 e. The molecule has 4 heterocycles. The van der Waals surface area contributed by atoms with Crippen molar-refractivity contribution in [2.24, 2.45) is 0 Å². The summed E-state index contributed by atoms with van der Waals surface area (Å²) >= 11 is 1.56. The molecule has 3 aromatic rings. The molecule has 1 fully saturated rings. The summed E-state index contributed by atoms with van der Waals surface area (Å²) in [6.07, 6.45) is 7.75. The van der Waals surface area contributed by atoms with Crippen molar-refractivity contribution in [3.05, 3.63) is 52.4 Å². The van der Waals surface area contributed by atoms with E-state index in [1.54, 1.807) is 17.5 Å². The van der Waals surface area contributed by atoms with Gasteiger partial charge in [0.1, 0.15) is 16.4 Å². The van der Waals surface area contributed by atoms with Gasteiger partial charge in [-0.25, -0.2) is 4.98 Å². The fraction of sp³-hybridized carbons (Fsp3) is 0.478. The molecule has 1 saturated heterocycles. The Morgan fingerprint density at radius 3 is 3.00 bits per heavy atom. The molecule has 5 rings (SSSR count). The van der Waals surface area contributed by atoms with Gasteiger partial charge in [0.15, 0.2) is 5.82 Å². The van der Waals surface area contributed by atoms with E-state index in [9.17, 15) is 0 Å². The largest absolute Gasteiger partial charge is 0.487 e. The first-order valence-electron chi connectivity index (χ1n) is 11.0. The maximum atomic E-state index is 6.03. The number of benzene rings is 1. The Kier molecular flexibility index (Phi) is 5.35. The van der Waals surface area contributed by atoms with Crippen LogP contribution in [0.25, 0.3) is 0 Å². The van der Waals surface area contributed by atoms with Crippen molar-refractivity contribution in [3.8, 4) is 5.75 Å². The van der Waals surface area contributed by atoms with Gasteiger partial charge in [-0.15, -0.1) is 10.2 Å². The maximum Gasteiger partial charge on any atom is 0.211 e. The van der Waals surface area contributed by atoms with Crippen LogP contribution in [0.4, 0.5) is 10.9 Å². The monoisotopic (exact) mass is 436 g/mol. The van der Waals surface area contributed by atoms with Gasteiger partial charge < -0.3 is 10.1 Å². The normalized spacial score (nSPS) is 19.9. The average molecular weight is 437 g/mol. The zero-order chi connectivity index (χ0) is 21.4. The number of hydrogen-bond acceptors (Lipinski definition) is 8. The van der Waals surface area contributed by atoms with Crippen molar-refractivity contribution < 1.29 is 4.74 Å². The maximum absolute atomic E-state index is 6.03. The highest BCUT2D eigenvalue weighted by molar-refractivity contribution is 7.15. The highest BCUT2D eigenvalue weighted by Crippen LogP contribution is 2.37. The smallest absolute Gasteiger partial charge is 0.211 e. The van der Waals surface area contributed by atoms with Crippen LogP contribution in [0.2, 0.25) is 0 Å². The summed E-state index contributed by atoms with van der Waals surface area (Å²) in [5.41, 5.74) is 3.54. The zero-order valence-electron chi connectivity index (χ0n) is 18.3. The number of aromatic nitrogens is 4. The molecule has 1 aromatic carbocycles. The molecule has 1 atom stereocenters. The lowest BCUT2D eigenvalue weighted by Gasteiger charge is -2.24. The van der Waals surface area contributed by atoms with E-state index >= 15 is 0 Å². The number of nitrogens with one attached hydrogen (secondary N) is 1. The lowest BCUT2D eigenvalue weighted by molar-refractivity contribution is 0.138. The highest BCUT2D eigenvalue weighted by atomic mass is 32.1. The number of hydrogen-bond donors (Lipinski definition) is 1. The Balaban J connectivity index is 1.31. The first-order chi connectivity index (χ1) is 15.0. The second-order valence-electron chi connectivity index (χ2n) is 8.92. The highest BCUT2D eigenvalue weighted by Gasteiger charge is 2.31. The fourth-order valence-corrected chi connectivity index (χ4v) is 5.19. The number of fused-ring (bicyclic) bond motifs is 1. The average Bonchev–Trinajstić information content (AvgIpc) is 3.45. The Morgan fingerprint density at radius 2 is 2.16 bits per heavy atom. The van der Waals surface area contributed by atoms with Crippen molar-refractivity contribution >= 4 is 22.3 Å². The van der Waals surface area contributed by atoms with E-state index in [0.29, 0.717) is 0 Å². The van der Waals surface area contributed by atoms with E-state index < -0.39 is 0 Å². The van der Waals surface area contributed by atoms with Crippen molar-refractivity contribution in [2.45, 2.75) is 64.6 Å². The summed E-state index contributed by atoms with van der Waals surface area (Å²) < 4.78 is 6.03. The first-order valence-corrected chi connectivity index (χ1v) is 11.8. The van der Waals surface area contributed by atoms with E-state index in [0.717, 1.165) is 59.8 Å². The van der Waals surface area contributed by atoms with Crippen LogP contribution < -0.4 is 10.1 Å². The molecule has 31 heavy (non-hydrogen) atoms. The van der Waals surface area contributed by atoms with E-state index in [1.807, 2.05) is 6.20 Å². The summed E-state index contributed by atoms with van der Waals surface area (Å²) in [4.78, 5) is 11.8. The van der Waals surface area contributed by atoms with Crippen molar-refractivity contribution in [1.82, 2.24) is 25.1 Å². The standard InChI is InChI=1S/C23H28N6OS/c1-4-21-27-28-22(31-21)26-20-13-24-12-17(25-20)18-6-5-9-29(18)14-15-7-8-19-16(10-15)11-23(2,3)30-19/h7-8,10,12-13,18H,4-6,9,11,14H2,1-3H3,(H,25,26,28). The SMILES string of the molecule is CCc1nnc(Nc2cncc(C3CCCN3Cc3ccc4c(c3)CC(C)(C)O4)n2)s1. The van der Waals surface area contributed by atoms with Crippen LogP contribution in [0.3, 0.4) is 0 Å². The number of nitrogens with zero attached hydrogens (tertiary/aromatic N) is 5. The molecule has 0 radical (unpaired) electrons. The summed E-state index contributed by atoms with van der Waals surface area (Å²) in [7, 11) is 0. The molecular weight excluding hydrogens is 408 g/mol. The van der Waals surface area contributed by atoms with Gasteiger partial charge in [-0.1, -0.05) is 30.4 Å². The fourth-order valence-electron chi connectivity index (χ4n) is 4.50.